The van der Waals surface area contributed by atoms with E-state index in [-0.39, 0.29) is 5.91 Å². The number of anilines is 1. The van der Waals surface area contributed by atoms with Crippen molar-refractivity contribution in [3.8, 4) is 17.1 Å². The second-order valence-electron chi connectivity index (χ2n) is 5.61. The summed E-state index contributed by atoms with van der Waals surface area (Å²) < 4.78 is 11.0. The average molecular weight is 357 g/mol. The number of benzene rings is 2. The SMILES string of the molecule is Cc1cc(OC(C)C(=O)Nc2cccc(-c3cnco3)c2)ccc1Cl. The van der Waals surface area contributed by atoms with Gasteiger partial charge in [0.1, 0.15) is 5.75 Å². The van der Waals surface area contributed by atoms with Crippen molar-refractivity contribution in [1.29, 1.82) is 0 Å². The lowest BCUT2D eigenvalue weighted by atomic mass is 10.1. The molecule has 0 saturated heterocycles. The first-order valence-electron chi connectivity index (χ1n) is 7.75. The number of hydrogen-bond donors (Lipinski definition) is 1. The number of oxazole rings is 1. The van der Waals surface area contributed by atoms with Gasteiger partial charge in [0.2, 0.25) is 0 Å². The second-order valence-corrected chi connectivity index (χ2v) is 6.01. The maximum Gasteiger partial charge on any atom is 0.265 e. The Balaban J connectivity index is 1.67. The Labute approximate surface area is 150 Å². The van der Waals surface area contributed by atoms with Crippen molar-refractivity contribution in [2.75, 3.05) is 5.32 Å². The molecule has 0 aliphatic rings. The van der Waals surface area contributed by atoms with Crippen molar-refractivity contribution in [2.45, 2.75) is 20.0 Å². The lowest BCUT2D eigenvalue weighted by Crippen LogP contribution is -2.30. The van der Waals surface area contributed by atoms with Gasteiger partial charge >= 0.3 is 0 Å². The first-order valence-corrected chi connectivity index (χ1v) is 8.13. The van der Waals surface area contributed by atoms with Gasteiger partial charge in [0.15, 0.2) is 18.3 Å². The zero-order chi connectivity index (χ0) is 17.8. The summed E-state index contributed by atoms with van der Waals surface area (Å²) in [4.78, 5) is 16.3. The van der Waals surface area contributed by atoms with Crippen molar-refractivity contribution >= 4 is 23.2 Å². The second kappa shape index (κ2) is 7.40. The topological polar surface area (TPSA) is 64.4 Å². The number of rotatable bonds is 5. The lowest BCUT2D eigenvalue weighted by molar-refractivity contribution is -0.122. The number of aromatic nitrogens is 1. The summed E-state index contributed by atoms with van der Waals surface area (Å²) >= 11 is 6.00. The maximum atomic E-state index is 12.4. The van der Waals surface area contributed by atoms with Crippen molar-refractivity contribution in [2.24, 2.45) is 0 Å². The van der Waals surface area contributed by atoms with Gasteiger partial charge < -0.3 is 14.5 Å². The van der Waals surface area contributed by atoms with Crippen LogP contribution in [0.4, 0.5) is 5.69 Å². The molecule has 3 aromatic rings. The first-order chi connectivity index (χ1) is 12.0. The number of nitrogens with one attached hydrogen (secondary N) is 1. The zero-order valence-corrected chi connectivity index (χ0v) is 14.6. The first kappa shape index (κ1) is 17.0. The maximum absolute atomic E-state index is 12.4. The standard InChI is InChI=1S/C19H17ClN2O3/c1-12-8-16(6-7-17(12)20)25-13(2)19(23)22-15-5-3-4-14(9-15)18-10-21-11-24-18/h3-11,13H,1-2H3,(H,22,23). The van der Waals surface area contributed by atoms with E-state index in [0.717, 1.165) is 11.1 Å². The van der Waals surface area contributed by atoms with Gasteiger partial charge in [-0.15, -0.1) is 0 Å². The van der Waals surface area contributed by atoms with Gasteiger partial charge in [0.25, 0.3) is 5.91 Å². The Morgan fingerprint density at radius 1 is 1.28 bits per heavy atom. The molecule has 1 aromatic heterocycles. The van der Waals surface area contributed by atoms with Gasteiger partial charge in [-0.3, -0.25) is 4.79 Å². The zero-order valence-electron chi connectivity index (χ0n) is 13.8. The minimum Gasteiger partial charge on any atom is -0.481 e. The highest BCUT2D eigenvalue weighted by atomic mass is 35.5. The number of aryl methyl sites for hydroxylation is 1. The van der Waals surface area contributed by atoms with Gasteiger partial charge in [0, 0.05) is 16.3 Å². The molecule has 0 saturated carbocycles. The molecule has 128 valence electrons. The molecule has 1 heterocycles. The van der Waals surface area contributed by atoms with Crippen LogP contribution < -0.4 is 10.1 Å². The molecule has 1 atom stereocenters. The Bertz CT molecular complexity index is 878. The highest BCUT2D eigenvalue weighted by molar-refractivity contribution is 6.31. The number of carbonyl (C=O) groups is 1. The number of ether oxygens (including phenoxy) is 1. The van der Waals surface area contributed by atoms with Crippen LogP contribution in [0.2, 0.25) is 5.02 Å². The molecule has 3 rings (SSSR count). The minimum atomic E-state index is -0.658. The Morgan fingerprint density at radius 2 is 2.12 bits per heavy atom. The predicted molar refractivity (Wildman–Crippen MR) is 96.8 cm³/mol. The molecule has 6 heteroatoms. The van der Waals surface area contributed by atoms with Gasteiger partial charge in [0.05, 0.1) is 6.20 Å². The molecule has 0 bridgehead atoms. The summed E-state index contributed by atoms with van der Waals surface area (Å²) in [6.07, 6.45) is 2.33. The summed E-state index contributed by atoms with van der Waals surface area (Å²) in [5, 5.41) is 3.50. The van der Waals surface area contributed by atoms with E-state index in [2.05, 4.69) is 10.3 Å². The van der Waals surface area contributed by atoms with Crippen LogP contribution in [-0.4, -0.2) is 17.0 Å². The number of carbonyl (C=O) groups excluding carboxylic acids is 1. The average Bonchev–Trinajstić information content (AvgIpc) is 3.13. The van der Waals surface area contributed by atoms with Crippen LogP contribution in [0.5, 0.6) is 5.75 Å². The number of nitrogens with zero attached hydrogens (tertiary/aromatic N) is 1. The third-order valence-electron chi connectivity index (χ3n) is 3.66. The fraction of sp³-hybridized carbons (Fsp3) is 0.158. The van der Waals surface area contributed by atoms with Crippen LogP contribution >= 0.6 is 11.6 Å². The normalized spacial score (nSPS) is 11.8. The van der Waals surface area contributed by atoms with Crippen LogP contribution in [0.25, 0.3) is 11.3 Å². The molecular weight excluding hydrogens is 340 g/mol. The van der Waals surface area contributed by atoms with E-state index in [9.17, 15) is 4.79 Å². The van der Waals surface area contributed by atoms with Crippen molar-refractivity contribution in [1.82, 2.24) is 4.98 Å². The third kappa shape index (κ3) is 4.19. The van der Waals surface area contributed by atoms with E-state index in [1.165, 1.54) is 6.39 Å². The smallest absolute Gasteiger partial charge is 0.265 e. The fourth-order valence-electron chi connectivity index (χ4n) is 2.30. The molecule has 2 aromatic carbocycles. The van der Waals surface area contributed by atoms with E-state index >= 15 is 0 Å². The van der Waals surface area contributed by atoms with E-state index in [1.54, 1.807) is 37.4 Å². The Hall–Kier alpha value is -2.79. The number of amides is 1. The summed E-state index contributed by atoms with van der Waals surface area (Å²) in [5.41, 5.74) is 2.38. The number of halogens is 1. The van der Waals surface area contributed by atoms with Crippen molar-refractivity contribution in [3.05, 3.63) is 65.6 Å². The Morgan fingerprint density at radius 3 is 2.84 bits per heavy atom. The molecule has 0 radical (unpaired) electrons. The quantitative estimate of drug-likeness (QED) is 0.719. The molecule has 1 N–H and O–H groups in total. The predicted octanol–water partition coefficient (Wildman–Crippen LogP) is 4.71. The molecular formula is C19H17ClN2O3. The summed E-state index contributed by atoms with van der Waals surface area (Å²) in [6, 6.07) is 12.6. The summed E-state index contributed by atoms with van der Waals surface area (Å²) in [7, 11) is 0. The molecule has 1 amide bonds. The van der Waals surface area contributed by atoms with E-state index in [1.807, 2.05) is 25.1 Å². The summed E-state index contributed by atoms with van der Waals surface area (Å²) in [6.45, 7) is 3.58. The van der Waals surface area contributed by atoms with Gasteiger partial charge in [-0.05, 0) is 49.7 Å². The highest BCUT2D eigenvalue weighted by Gasteiger charge is 2.15. The molecule has 1 unspecified atom stereocenters. The van der Waals surface area contributed by atoms with Crippen LogP contribution in [0, 0.1) is 6.92 Å². The fourth-order valence-corrected chi connectivity index (χ4v) is 2.42. The molecule has 0 spiro atoms. The van der Waals surface area contributed by atoms with Gasteiger partial charge in [-0.1, -0.05) is 23.7 Å². The van der Waals surface area contributed by atoms with E-state index < -0.39 is 6.10 Å². The molecule has 25 heavy (non-hydrogen) atoms. The largest absolute Gasteiger partial charge is 0.481 e. The highest BCUT2D eigenvalue weighted by Crippen LogP contribution is 2.24. The minimum absolute atomic E-state index is 0.248. The monoisotopic (exact) mass is 356 g/mol. The Kier molecular flexibility index (Phi) is 5.05. The molecule has 0 aliphatic heterocycles. The number of hydrogen-bond acceptors (Lipinski definition) is 4. The van der Waals surface area contributed by atoms with Crippen LogP contribution in [0.15, 0.2) is 59.5 Å². The third-order valence-corrected chi connectivity index (χ3v) is 4.08. The lowest BCUT2D eigenvalue weighted by Gasteiger charge is -2.15. The molecule has 0 aliphatic carbocycles. The van der Waals surface area contributed by atoms with Crippen molar-refractivity contribution < 1.29 is 13.9 Å². The van der Waals surface area contributed by atoms with Gasteiger partial charge in [-0.2, -0.15) is 0 Å². The molecule has 0 fully saturated rings. The van der Waals surface area contributed by atoms with E-state index in [4.69, 9.17) is 20.8 Å². The van der Waals surface area contributed by atoms with E-state index in [0.29, 0.717) is 22.2 Å². The van der Waals surface area contributed by atoms with Gasteiger partial charge in [-0.25, -0.2) is 4.98 Å². The van der Waals surface area contributed by atoms with Crippen LogP contribution in [-0.2, 0) is 4.79 Å². The van der Waals surface area contributed by atoms with Crippen LogP contribution in [0.3, 0.4) is 0 Å². The summed E-state index contributed by atoms with van der Waals surface area (Å²) in [5.74, 6) is 0.985. The van der Waals surface area contributed by atoms with Crippen LogP contribution in [0.1, 0.15) is 12.5 Å². The molecule has 5 nitrogen and oxygen atoms in total. The van der Waals surface area contributed by atoms with Crippen molar-refractivity contribution in [3.63, 3.8) is 0 Å².